The SMILES string of the molecule is COc1cccc2cc(-c3[nH]c4ccccc4[nH+]3)c(=O)oc12. The molecule has 2 N–H and O–H groups in total. The Balaban J connectivity index is 1.98. The van der Waals surface area contributed by atoms with Crippen LogP contribution in [0.15, 0.2) is 57.7 Å². The fraction of sp³-hybridized carbons (Fsp3) is 0.0588. The van der Waals surface area contributed by atoms with Gasteiger partial charge in [0.15, 0.2) is 22.4 Å². The van der Waals surface area contributed by atoms with Gasteiger partial charge in [-0.2, -0.15) is 0 Å². The summed E-state index contributed by atoms with van der Waals surface area (Å²) in [6.07, 6.45) is 0. The van der Waals surface area contributed by atoms with Crippen molar-refractivity contribution in [1.29, 1.82) is 0 Å². The van der Waals surface area contributed by atoms with E-state index >= 15 is 0 Å². The van der Waals surface area contributed by atoms with Crippen LogP contribution in [0, 0.1) is 0 Å². The van der Waals surface area contributed by atoms with Crippen molar-refractivity contribution < 1.29 is 14.1 Å². The van der Waals surface area contributed by atoms with Gasteiger partial charge in [-0.25, -0.2) is 14.8 Å². The Labute approximate surface area is 125 Å². The maximum atomic E-state index is 12.3. The lowest BCUT2D eigenvalue weighted by Crippen LogP contribution is -2.11. The van der Waals surface area contributed by atoms with Gasteiger partial charge in [0.25, 0.3) is 5.82 Å². The second kappa shape index (κ2) is 4.73. The summed E-state index contributed by atoms with van der Waals surface area (Å²) in [6, 6.07) is 15.1. The van der Waals surface area contributed by atoms with E-state index in [4.69, 9.17) is 9.15 Å². The molecule has 2 heterocycles. The monoisotopic (exact) mass is 293 g/mol. The average molecular weight is 293 g/mol. The minimum absolute atomic E-state index is 0.417. The van der Waals surface area contributed by atoms with Gasteiger partial charge in [0.1, 0.15) is 5.56 Å². The largest absolute Gasteiger partial charge is 0.493 e. The summed E-state index contributed by atoms with van der Waals surface area (Å²) in [5.41, 5.74) is 2.36. The van der Waals surface area contributed by atoms with Crippen LogP contribution in [0.1, 0.15) is 0 Å². The van der Waals surface area contributed by atoms with Crippen LogP contribution in [0.3, 0.4) is 0 Å². The highest BCUT2D eigenvalue weighted by molar-refractivity contribution is 5.85. The number of fused-ring (bicyclic) bond motifs is 2. The van der Waals surface area contributed by atoms with Gasteiger partial charge in [-0.05, 0) is 24.3 Å². The Morgan fingerprint density at radius 2 is 2.00 bits per heavy atom. The molecular weight excluding hydrogens is 280 g/mol. The van der Waals surface area contributed by atoms with Gasteiger partial charge in [0, 0.05) is 5.39 Å². The van der Waals surface area contributed by atoms with Crippen molar-refractivity contribution in [3.8, 4) is 17.1 Å². The van der Waals surface area contributed by atoms with Crippen molar-refractivity contribution in [1.82, 2.24) is 4.98 Å². The van der Waals surface area contributed by atoms with Crippen molar-refractivity contribution >= 4 is 22.0 Å². The fourth-order valence-electron chi connectivity index (χ4n) is 2.59. The molecule has 0 aliphatic carbocycles. The second-order valence-electron chi connectivity index (χ2n) is 5.00. The van der Waals surface area contributed by atoms with Crippen LogP contribution in [0.5, 0.6) is 5.75 Å². The predicted molar refractivity (Wildman–Crippen MR) is 82.9 cm³/mol. The van der Waals surface area contributed by atoms with Crippen LogP contribution in [0.4, 0.5) is 0 Å². The number of aromatic amines is 2. The van der Waals surface area contributed by atoms with Crippen LogP contribution in [-0.2, 0) is 0 Å². The van der Waals surface area contributed by atoms with Crippen LogP contribution >= 0.6 is 0 Å². The van der Waals surface area contributed by atoms with E-state index in [0.29, 0.717) is 22.7 Å². The molecule has 0 fully saturated rings. The summed E-state index contributed by atoms with van der Waals surface area (Å²) >= 11 is 0. The molecule has 0 amide bonds. The lowest BCUT2D eigenvalue weighted by atomic mass is 10.1. The summed E-state index contributed by atoms with van der Waals surface area (Å²) in [4.78, 5) is 18.7. The quantitative estimate of drug-likeness (QED) is 0.578. The summed E-state index contributed by atoms with van der Waals surface area (Å²) < 4.78 is 10.7. The molecule has 22 heavy (non-hydrogen) atoms. The number of methoxy groups -OCH3 is 1. The third kappa shape index (κ3) is 1.87. The van der Waals surface area contributed by atoms with Crippen molar-refractivity contribution in [3.05, 3.63) is 59.0 Å². The number of imidazole rings is 1. The Kier molecular flexibility index (Phi) is 2.72. The van der Waals surface area contributed by atoms with E-state index in [1.807, 2.05) is 36.4 Å². The molecule has 0 spiro atoms. The van der Waals surface area contributed by atoms with E-state index in [-0.39, 0.29) is 0 Å². The molecule has 0 saturated heterocycles. The lowest BCUT2D eigenvalue weighted by Gasteiger charge is -2.03. The second-order valence-corrected chi connectivity index (χ2v) is 5.00. The van der Waals surface area contributed by atoms with Crippen molar-refractivity contribution in [2.75, 3.05) is 7.11 Å². The summed E-state index contributed by atoms with van der Waals surface area (Å²) in [7, 11) is 1.55. The number of H-pyrrole nitrogens is 2. The predicted octanol–water partition coefficient (Wildman–Crippen LogP) is 2.76. The standard InChI is InChI=1S/C17H12N2O3/c1-21-14-8-4-5-10-9-11(17(20)22-15(10)14)16-18-12-6-2-3-7-13(12)19-16/h2-9H,1H3,(H,18,19)/p+1. The van der Waals surface area contributed by atoms with Gasteiger partial charge >= 0.3 is 5.63 Å². The molecule has 2 aromatic heterocycles. The molecule has 2 aromatic carbocycles. The van der Waals surface area contributed by atoms with Crippen molar-refractivity contribution in [2.24, 2.45) is 0 Å². The molecule has 0 bridgehead atoms. The maximum Gasteiger partial charge on any atom is 0.352 e. The van der Waals surface area contributed by atoms with E-state index in [2.05, 4.69) is 9.97 Å². The Morgan fingerprint density at radius 3 is 2.82 bits per heavy atom. The lowest BCUT2D eigenvalue weighted by molar-refractivity contribution is -0.330. The van der Waals surface area contributed by atoms with Gasteiger partial charge in [0.05, 0.1) is 7.11 Å². The zero-order valence-electron chi connectivity index (χ0n) is 11.8. The van der Waals surface area contributed by atoms with Crippen LogP contribution in [0.25, 0.3) is 33.4 Å². The minimum atomic E-state index is -0.417. The molecule has 0 aliphatic heterocycles. The van der Waals surface area contributed by atoms with Crippen LogP contribution in [-0.4, -0.2) is 12.1 Å². The van der Waals surface area contributed by atoms with E-state index in [1.165, 1.54) is 0 Å². The first-order valence-electron chi connectivity index (χ1n) is 6.87. The first kappa shape index (κ1) is 12.6. The van der Waals surface area contributed by atoms with Gasteiger partial charge in [-0.3, -0.25) is 0 Å². The molecule has 0 unspecified atom stereocenters. The topological polar surface area (TPSA) is 69.4 Å². The minimum Gasteiger partial charge on any atom is -0.493 e. The third-order valence-corrected chi connectivity index (χ3v) is 3.66. The average Bonchev–Trinajstić information content (AvgIpc) is 2.97. The number of nitrogens with one attached hydrogen (secondary N) is 2. The normalized spacial score (nSPS) is 11.1. The highest BCUT2D eigenvalue weighted by Gasteiger charge is 2.18. The number of hydrogen-bond donors (Lipinski definition) is 1. The molecule has 0 atom stereocenters. The Hall–Kier alpha value is -3.08. The van der Waals surface area contributed by atoms with Crippen LogP contribution < -0.4 is 15.3 Å². The van der Waals surface area contributed by atoms with E-state index in [9.17, 15) is 4.79 Å². The van der Waals surface area contributed by atoms with E-state index < -0.39 is 5.63 Å². The zero-order valence-corrected chi connectivity index (χ0v) is 11.8. The van der Waals surface area contributed by atoms with Gasteiger partial charge in [-0.15, -0.1) is 0 Å². The molecule has 5 heteroatoms. The van der Waals surface area contributed by atoms with Gasteiger partial charge in [0.2, 0.25) is 0 Å². The molecule has 0 radical (unpaired) electrons. The first-order chi connectivity index (χ1) is 10.8. The van der Waals surface area contributed by atoms with E-state index in [1.54, 1.807) is 19.2 Å². The molecule has 4 aromatic rings. The molecule has 0 aliphatic rings. The zero-order chi connectivity index (χ0) is 15.1. The number of aromatic nitrogens is 2. The number of para-hydroxylation sites is 3. The van der Waals surface area contributed by atoms with Crippen LogP contribution in [0.2, 0.25) is 0 Å². The van der Waals surface area contributed by atoms with Crippen molar-refractivity contribution in [2.45, 2.75) is 0 Å². The smallest absolute Gasteiger partial charge is 0.352 e. The molecular formula is C17H13N2O3+. The number of ether oxygens (including phenoxy) is 1. The molecule has 4 rings (SSSR count). The number of hydrogen-bond acceptors (Lipinski definition) is 3. The first-order valence-corrected chi connectivity index (χ1v) is 6.87. The summed E-state index contributed by atoms with van der Waals surface area (Å²) in [5.74, 6) is 1.17. The summed E-state index contributed by atoms with van der Waals surface area (Å²) in [5, 5.41) is 0.806. The van der Waals surface area contributed by atoms with Gasteiger partial charge < -0.3 is 9.15 Å². The third-order valence-electron chi connectivity index (χ3n) is 3.66. The Morgan fingerprint density at radius 1 is 1.14 bits per heavy atom. The van der Waals surface area contributed by atoms with E-state index in [0.717, 1.165) is 16.4 Å². The highest BCUT2D eigenvalue weighted by Crippen LogP contribution is 2.26. The highest BCUT2D eigenvalue weighted by atomic mass is 16.5. The molecule has 108 valence electrons. The number of benzene rings is 2. The summed E-state index contributed by atoms with van der Waals surface area (Å²) in [6.45, 7) is 0. The molecule has 5 nitrogen and oxygen atoms in total. The fourth-order valence-corrected chi connectivity index (χ4v) is 2.59. The maximum absolute atomic E-state index is 12.3. The van der Waals surface area contributed by atoms with Gasteiger partial charge in [-0.1, -0.05) is 24.3 Å². The Bertz CT molecular complexity index is 1010. The molecule has 0 saturated carbocycles. The number of rotatable bonds is 2. The van der Waals surface area contributed by atoms with Crippen molar-refractivity contribution in [3.63, 3.8) is 0 Å².